The number of rotatable bonds is 1. The van der Waals surface area contributed by atoms with Crippen LogP contribution >= 0.6 is 0 Å². The number of anilines is 1. The Kier molecular flexibility index (Phi) is 3.29. The molecule has 5 nitrogen and oxygen atoms in total. The average molecular weight is 286 g/mol. The monoisotopic (exact) mass is 286 g/mol. The van der Waals surface area contributed by atoms with Crippen molar-refractivity contribution in [3.8, 4) is 11.3 Å². The molecular formula is C15H15FN4O. The largest absolute Gasteiger partial charge is 0.368 e. The van der Waals surface area contributed by atoms with Crippen LogP contribution in [0.4, 0.5) is 10.3 Å². The van der Waals surface area contributed by atoms with Gasteiger partial charge >= 0.3 is 0 Å². The molecule has 1 aliphatic rings. The van der Waals surface area contributed by atoms with Gasteiger partial charge in [0.25, 0.3) is 0 Å². The molecule has 0 saturated carbocycles. The summed E-state index contributed by atoms with van der Waals surface area (Å²) in [6.07, 6.45) is 0.649. The van der Waals surface area contributed by atoms with Crippen LogP contribution in [-0.4, -0.2) is 27.3 Å². The number of nitrogens with zero attached hydrogens (tertiary/aromatic N) is 3. The minimum absolute atomic E-state index is 0.0162. The van der Waals surface area contributed by atoms with Crippen molar-refractivity contribution in [3.05, 3.63) is 41.3 Å². The summed E-state index contributed by atoms with van der Waals surface area (Å²) < 4.78 is 13.1. The summed E-state index contributed by atoms with van der Waals surface area (Å²) in [5.41, 5.74) is 8.95. The first kappa shape index (κ1) is 13.5. The van der Waals surface area contributed by atoms with E-state index in [4.69, 9.17) is 5.73 Å². The molecule has 1 amide bonds. The van der Waals surface area contributed by atoms with Crippen molar-refractivity contribution in [2.24, 2.45) is 0 Å². The number of hydrogen-bond donors (Lipinski definition) is 1. The number of aromatic nitrogens is 2. The van der Waals surface area contributed by atoms with E-state index in [0.29, 0.717) is 25.2 Å². The Hall–Kier alpha value is -2.50. The number of amides is 1. The van der Waals surface area contributed by atoms with Crippen molar-refractivity contribution in [1.29, 1.82) is 0 Å². The summed E-state index contributed by atoms with van der Waals surface area (Å²) in [5, 5.41) is 0. The Labute approximate surface area is 121 Å². The Morgan fingerprint density at radius 1 is 1.29 bits per heavy atom. The minimum Gasteiger partial charge on any atom is -0.368 e. The zero-order valence-electron chi connectivity index (χ0n) is 11.6. The second-order valence-corrected chi connectivity index (χ2v) is 5.05. The van der Waals surface area contributed by atoms with Crippen molar-refractivity contribution >= 4 is 11.9 Å². The number of carbonyl (C=O) groups excluding carboxylic acids is 1. The highest BCUT2D eigenvalue weighted by molar-refractivity contribution is 5.74. The Morgan fingerprint density at radius 3 is 2.67 bits per heavy atom. The Morgan fingerprint density at radius 2 is 2.00 bits per heavy atom. The maximum Gasteiger partial charge on any atom is 0.220 e. The maximum atomic E-state index is 13.1. The summed E-state index contributed by atoms with van der Waals surface area (Å²) in [5.74, 6) is -0.0908. The van der Waals surface area contributed by atoms with E-state index in [1.807, 2.05) is 0 Å². The van der Waals surface area contributed by atoms with Crippen molar-refractivity contribution < 1.29 is 9.18 Å². The molecule has 3 rings (SSSR count). The topological polar surface area (TPSA) is 72.1 Å². The normalized spacial score (nSPS) is 13.9. The zero-order chi connectivity index (χ0) is 15.0. The van der Waals surface area contributed by atoms with Gasteiger partial charge in [-0.05, 0) is 24.3 Å². The third kappa shape index (κ3) is 2.56. The van der Waals surface area contributed by atoms with Crippen LogP contribution in [0.2, 0.25) is 0 Å². The Balaban J connectivity index is 2.10. The van der Waals surface area contributed by atoms with Crippen LogP contribution in [0.15, 0.2) is 24.3 Å². The third-order valence-electron chi connectivity index (χ3n) is 3.64. The van der Waals surface area contributed by atoms with E-state index in [1.165, 1.54) is 12.1 Å². The summed E-state index contributed by atoms with van der Waals surface area (Å²) in [7, 11) is 0. The van der Waals surface area contributed by atoms with E-state index < -0.39 is 0 Å². The molecular weight excluding hydrogens is 271 g/mol. The van der Waals surface area contributed by atoms with Gasteiger partial charge in [-0.3, -0.25) is 4.79 Å². The second kappa shape index (κ2) is 5.12. The zero-order valence-corrected chi connectivity index (χ0v) is 11.6. The summed E-state index contributed by atoms with van der Waals surface area (Å²) in [6, 6.07) is 6.07. The number of halogens is 1. The predicted octanol–water partition coefficient (Wildman–Crippen LogP) is 1.77. The molecule has 0 aliphatic carbocycles. The fourth-order valence-corrected chi connectivity index (χ4v) is 2.55. The molecule has 21 heavy (non-hydrogen) atoms. The van der Waals surface area contributed by atoms with Crippen LogP contribution < -0.4 is 5.73 Å². The number of benzene rings is 1. The van der Waals surface area contributed by atoms with E-state index in [1.54, 1.807) is 24.0 Å². The molecule has 0 saturated heterocycles. The number of nitrogen functional groups attached to an aromatic ring is 1. The van der Waals surface area contributed by atoms with Gasteiger partial charge in [0.15, 0.2) is 0 Å². The summed E-state index contributed by atoms with van der Waals surface area (Å²) in [6.45, 7) is 2.63. The summed E-state index contributed by atoms with van der Waals surface area (Å²) >= 11 is 0. The number of nitrogens with two attached hydrogens (primary N) is 1. The second-order valence-electron chi connectivity index (χ2n) is 5.05. The van der Waals surface area contributed by atoms with Crippen molar-refractivity contribution in [2.45, 2.75) is 19.9 Å². The average Bonchev–Trinajstić information content (AvgIpc) is 2.46. The summed E-state index contributed by atoms with van der Waals surface area (Å²) in [4.78, 5) is 21.9. The number of hydrogen-bond acceptors (Lipinski definition) is 4. The smallest absolute Gasteiger partial charge is 0.220 e. The predicted molar refractivity (Wildman–Crippen MR) is 76.6 cm³/mol. The lowest BCUT2D eigenvalue weighted by atomic mass is 9.99. The van der Waals surface area contributed by atoms with E-state index in [9.17, 15) is 9.18 Å². The van der Waals surface area contributed by atoms with Crippen molar-refractivity contribution in [1.82, 2.24) is 14.9 Å². The highest BCUT2D eigenvalue weighted by atomic mass is 19.1. The van der Waals surface area contributed by atoms with Crippen LogP contribution in [-0.2, 0) is 17.8 Å². The minimum atomic E-state index is -0.306. The molecule has 1 aliphatic heterocycles. The fraction of sp³-hybridized carbons (Fsp3) is 0.267. The maximum absolute atomic E-state index is 13.1. The van der Waals surface area contributed by atoms with Crippen LogP contribution in [0.25, 0.3) is 11.3 Å². The fourth-order valence-electron chi connectivity index (χ4n) is 2.55. The first-order valence-electron chi connectivity index (χ1n) is 6.71. The lowest BCUT2D eigenvalue weighted by Crippen LogP contribution is -2.35. The van der Waals surface area contributed by atoms with Gasteiger partial charge in [0.05, 0.1) is 11.4 Å². The first-order chi connectivity index (χ1) is 10.0. The molecule has 0 spiro atoms. The molecule has 108 valence electrons. The highest BCUT2D eigenvalue weighted by Gasteiger charge is 2.24. The molecule has 0 atom stereocenters. The van der Waals surface area contributed by atoms with Gasteiger partial charge in [-0.25, -0.2) is 14.4 Å². The van der Waals surface area contributed by atoms with Gasteiger partial charge < -0.3 is 10.6 Å². The molecule has 1 aromatic heterocycles. The van der Waals surface area contributed by atoms with E-state index in [-0.39, 0.29) is 17.7 Å². The van der Waals surface area contributed by atoms with Gasteiger partial charge in [0, 0.05) is 37.6 Å². The van der Waals surface area contributed by atoms with Crippen LogP contribution in [0.1, 0.15) is 18.2 Å². The van der Waals surface area contributed by atoms with Crippen molar-refractivity contribution in [2.75, 3.05) is 12.3 Å². The standard InChI is InChI=1S/C15H15FN4O/c1-9(21)20-7-6-13-12(8-20)14(19-15(17)18-13)10-2-4-11(16)5-3-10/h2-5H,6-8H2,1H3,(H2,17,18,19). The molecule has 1 aromatic carbocycles. The van der Waals surface area contributed by atoms with E-state index >= 15 is 0 Å². The molecule has 2 N–H and O–H groups in total. The van der Waals surface area contributed by atoms with E-state index in [0.717, 1.165) is 16.8 Å². The Bertz CT molecular complexity index is 700. The van der Waals surface area contributed by atoms with E-state index in [2.05, 4.69) is 9.97 Å². The quantitative estimate of drug-likeness (QED) is 0.867. The van der Waals surface area contributed by atoms with Crippen LogP contribution in [0.5, 0.6) is 0 Å². The van der Waals surface area contributed by atoms with Crippen LogP contribution in [0.3, 0.4) is 0 Å². The van der Waals surface area contributed by atoms with Gasteiger partial charge in [0.2, 0.25) is 11.9 Å². The molecule has 6 heteroatoms. The molecule has 0 fully saturated rings. The molecule has 0 radical (unpaired) electrons. The first-order valence-corrected chi connectivity index (χ1v) is 6.71. The number of fused-ring (bicyclic) bond motifs is 1. The SMILES string of the molecule is CC(=O)N1CCc2nc(N)nc(-c3ccc(F)cc3)c2C1. The molecule has 2 aromatic rings. The van der Waals surface area contributed by atoms with Gasteiger partial charge in [0.1, 0.15) is 5.82 Å². The molecule has 0 bridgehead atoms. The van der Waals surface area contributed by atoms with Gasteiger partial charge in [-0.15, -0.1) is 0 Å². The number of carbonyl (C=O) groups is 1. The lowest BCUT2D eigenvalue weighted by Gasteiger charge is -2.28. The van der Waals surface area contributed by atoms with Gasteiger partial charge in [-0.2, -0.15) is 0 Å². The molecule has 2 heterocycles. The van der Waals surface area contributed by atoms with Crippen molar-refractivity contribution in [3.63, 3.8) is 0 Å². The lowest BCUT2D eigenvalue weighted by molar-refractivity contribution is -0.129. The van der Waals surface area contributed by atoms with Gasteiger partial charge in [-0.1, -0.05) is 0 Å². The highest BCUT2D eigenvalue weighted by Crippen LogP contribution is 2.28. The molecule has 0 unspecified atom stereocenters. The third-order valence-corrected chi connectivity index (χ3v) is 3.64. The van der Waals surface area contributed by atoms with Crippen LogP contribution in [0, 0.1) is 5.82 Å².